The number of hydrogen-bond donors (Lipinski definition) is 1. The van der Waals surface area contributed by atoms with E-state index in [2.05, 4.69) is 9.80 Å². The van der Waals surface area contributed by atoms with Crippen molar-refractivity contribution in [1.82, 2.24) is 9.80 Å². The minimum atomic E-state index is 0.356. The molecule has 1 saturated carbocycles. The van der Waals surface area contributed by atoms with E-state index in [0.717, 1.165) is 12.5 Å². The molecule has 0 amide bonds. The molecule has 0 radical (unpaired) electrons. The van der Waals surface area contributed by atoms with E-state index in [1.165, 1.54) is 96.9 Å². The van der Waals surface area contributed by atoms with Crippen LogP contribution in [0.1, 0.15) is 64.2 Å². The molecule has 2 aliphatic heterocycles. The molecule has 3 rings (SSSR count). The molecule has 0 aromatic heterocycles. The fourth-order valence-corrected chi connectivity index (χ4v) is 4.96. The number of likely N-dealkylation sites (tertiary alicyclic amines) is 2. The van der Waals surface area contributed by atoms with Crippen molar-refractivity contribution in [1.29, 1.82) is 0 Å². The van der Waals surface area contributed by atoms with Gasteiger partial charge < -0.3 is 10.6 Å². The van der Waals surface area contributed by atoms with Gasteiger partial charge in [0.1, 0.15) is 0 Å². The van der Waals surface area contributed by atoms with Crippen LogP contribution in [-0.2, 0) is 0 Å². The second-order valence-corrected chi connectivity index (χ2v) is 7.78. The molecule has 3 heteroatoms. The second kappa shape index (κ2) is 7.43. The van der Waals surface area contributed by atoms with Crippen molar-refractivity contribution >= 4 is 0 Å². The predicted molar refractivity (Wildman–Crippen MR) is 89.5 cm³/mol. The van der Waals surface area contributed by atoms with Crippen LogP contribution in [0.15, 0.2) is 0 Å². The van der Waals surface area contributed by atoms with Crippen LogP contribution >= 0.6 is 0 Å². The van der Waals surface area contributed by atoms with E-state index in [1.54, 1.807) is 0 Å². The minimum Gasteiger partial charge on any atom is -0.329 e. The molecular formula is C18H35N3. The van der Waals surface area contributed by atoms with Crippen molar-refractivity contribution in [3.8, 4) is 0 Å². The first-order valence-corrected chi connectivity index (χ1v) is 9.50. The molecular weight excluding hydrogens is 258 g/mol. The molecule has 0 unspecified atom stereocenters. The summed E-state index contributed by atoms with van der Waals surface area (Å²) in [6, 6.07) is 0. The van der Waals surface area contributed by atoms with E-state index in [1.807, 2.05) is 0 Å². The molecule has 1 aliphatic carbocycles. The molecule has 21 heavy (non-hydrogen) atoms. The molecule has 0 aromatic carbocycles. The highest BCUT2D eigenvalue weighted by Gasteiger charge is 2.37. The van der Waals surface area contributed by atoms with Gasteiger partial charge in [-0.1, -0.05) is 25.7 Å². The van der Waals surface area contributed by atoms with Crippen LogP contribution in [0.2, 0.25) is 0 Å². The third-order valence-electron chi connectivity index (χ3n) is 6.41. The highest BCUT2D eigenvalue weighted by Crippen LogP contribution is 2.35. The Morgan fingerprint density at radius 3 is 2.00 bits per heavy atom. The molecule has 3 nitrogen and oxygen atoms in total. The zero-order valence-corrected chi connectivity index (χ0v) is 13.9. The van der Waals surface area contributed by atoms with Gasteiger partial charge in [0.2, 0.25) is 0 Å². The van der Waals surface area contributed by atoms with Crippen LogP contribution in [0.25, 0.3) is 0 Å². The van der Waals surface area contributed by atoms with Gasteiger partial charge in [-0.3, -0.25) is 4.90 Å². The second-order valence-electron chi connectivity index (χ2n) is 7.78. The van der Waals surface area contributed by atoms with Crippen LogP contribution in [-0.4, -0.2) is 54.6 Å². The fourth-order valence-electron chi connectivity index (χ4n) is 4.96. The zero-order valence-electron chi connectivity index (χ0n) is 13.9. The lowest BCUT2D eigenvalue weighted by atomic mass is 9.84. The van der Waals surface area contributed by atoms with Crippen LogP contribution in [0.4, 0.5) is 0 Å². The number of rotatable bonds is 4. The van der Waals surface area contributed by atoms with E-state index >= 15 is 0 Å². The first kappa shape index (κ1) is 15.8. The normalized spacial score (nSPS) is 29.6. The summed E-state index contributed by atoms with van der Waals surface area (Å²) < 4.78 is 0. The molecule has 2 heterocycles. The monoisotopic (exact) mass is 293 g/mol. The van der Waals surface area contributed by atoms with Crippen molar-refractivity contribution < 1.29 is 0 Å². The van der Waals surface area contributed by atoms with E-state index in [-0.39, 0.29) is 0 Å². The van der Waals surface area contributed by atoms with Crippen molar-refractivity contribution in [2.24, 2.45) is 11.7 Å². The molecule has 0 bridgehead atoms. The van der Waals surface area contributed by atoms with Crippen LogP contribution < -0.4 is 5.73 Å². The standard InChI is InChI=1S/C18H35N3/c19-16-18(9-3-1-2-4-10-18)21-13-7-17(8-14-21)15-20-11-5-6-12-20/h17H,1-16,19H2. The van der Waals surface area contributed by atoms with Gasteiger partial charge in [0.05, 0.1) is 0 Å². The van der Waals surface area contributed by atoms with E-state index in [4.69, 9.17) is 5.73 Å². The molecule has 0 atom stereocenters. The Kier molecular flexibility index (Phi) is 5.58. The van der Waals surface area contributed by atoms with Gasteiger partial charge in [-0.25, -0.2) is 0 Å². The summed E-state index contributed by atoms with van der Waals surface area (Å²) in [4.78, 5) is 5.49. The Hall–Kier alpha value is -0.120. The maximum atomic E-state index is 6.26. The quantitative estimate of drug-likeness (QED) is 0.809. The minimum absolute atomic E-state index is 0.356. The fraction of sp³-hybridized carbons (Fsp3) is 1.00. The smallest absolute Gasteiger partial charge is 0.0331 e. The van der Waals surface area contributed by atoms with Gasteiger partial charge >= 0.3 is 0 Å². The highest BCUT2D eigenvalue weighted by atomic mass is 15.2. The zero-order chi connectivity index (χ0) is 14.5. The summed E-state index contributed by atoms with van der Waals surface area (Å²) in [5, 5.41) is 0. The first-order chi connectivity index (χ1) is 10.3. The van der Waals surface area contributed by atoms with Crippen molar-refractivity contribution in [2.45, 2.75) is 69.7 Å². The van der Waals surface area contributed by atoms with Gasteiger partial charge in [-0.2, -0.15) is 0 Å². The van der Waals surface area contributed by atoms with Crippen molar-refractivity contribution in [3.05, 3.63) is 0 Å². The summed E-state index contributed by atoms with van der Waals surface area (Å²) in [6.45, 7) is 7.55. The average molecular weight is 293 g/mol. The van der Waals surface area contributed by atoms with Crippen molar-refractivity contribution in [3.63, 3.8) is 0 Å². The van der Waals surface area contributed by atoms with E-state index in [0.29, 0.717) is 5.54 Å². The summed E-state index contributed by atoms with van der Waals surface area (Å²) in [5.74, 6) is 0.944. The largest absolute Gasteiger partial charge is 0.329 e. The van der Waals surface area contributed by atoms with Gasteiger partial charge in [-0.15, -0.1) is 0 Å². The van der Waals surface area contributed by atoms with Crippen LogP contribution in [0.5, 0.6) is 0 Å². The third kappa shape index (κ3) is 3.80. The molecule has 122 valence electrons. The van der Waals surface area contributed by atoms with Gasteiger partial charge in [-0.05, 0) is 70.6 Å². The lowest BCUT2D eigenvalue weighted by Crippen LogP contribution is -2.56. The lowest BCUT2D eigenvalue weighted by Gasteiger charge is -2.47. The van der Waals surface area contributed by atoms with Crippen LogP contribution in [0, 0.1) is 5.92 Å². The Labute approximate surface area is 131 Å². The maximum absolute atomic E-state index is 6.26. The van der Waals surface area contributed by atoms with E-state index in [9.17, 15) is 0 Å². The first-order valence-electron chi connectivity index (χ1n) is 9.50. The number of hydrogen-bond acceptors (Lipinski definition) is 3. The summed E-state index contributed by atoms with van der Waals surface area (Å²) in [7, 11) is 0. The summed E-state index contributed by atoms with van der Waals surface area (Å²) in [5.41, 5.74) is 6.61. The SMILES string of the molecule is NCC1(N2CCC(CN3CCCC3)CC2)CCCCCC1. The molecule has 3 aliphatic rings. The number of nitrogens with two attached hydrogens (primary N) is 1. The Bertz CT molecular complexity index is 296. The van der Waals surface area contributed by atoms with Gasteiger partial charge in [0.15, 0.2) is 0 Å². The molecule has 2 N–H and O–H groups in total. The molecule has 2 saturated heterocycles. The maximum Gasteiger partial charge on any atom is 0.0331 e. The molecule has 0 aromatic rings. The summed E-state index contributed by atoms with van der Waals surface area (Å²) in [6.07, 6.45) is 14.0. The Balaban J connectivity index is 1.51. The summed E-state index contributed by atoms with van der Waals surface area (Å²) >= 11 is 0. The lowest BCUT2D eigenvalue weighted by molar-refractivity contribution is 0.0371. The van der Waals surface area contributed by atoms with Crippen LogP contribution in [0.3, 0.4) is 0 Å². The molecule has 3 fully saturated rings. The third-order valence-corrected chi connectivity index (χ3v) is 6.41. The molecule has 0 spiro atoms. The highest BCUT2D eigenvalue weighted by molar-refractivity contribution is 4.95. The topological polar surface area (TPSA) is 32.5 Å². The Morgan fingerprint density at radius 1 is 0.810 bits per heavy atom. The van der Waals surface area contributed by atoms with Crippen molar-refractivity contribution in [2.75, 3.05) is 39.3 Å². The average Bonchev–Trinajstić information content (AvgIpc) is 2.90. The van der Waals surface area contributed by atoms with E-state index < -0.39 is 0 Å². The Morgan fingerprint density at radius 2 is 1.43 bits per heavy atom. The number of nitrogens with zero attached hydrogens (tertiary/aromatic N) is 2. The number of piperidine rings is 1. The van der Waals surface area contributed by atoms with Gasteiger partial charge in [0.25, 0.3) is 0 Å². The predicted octanol–water partition coefficient (Wildman–Crippen LogP) is 2.85. The van der Waals surface area contributed by atoms with Gasteiger partial charge in [0, 0.05) is 18.6 Å².